The van der Waals surface area contributed by atoms with E-state index in [9.17, 15) is 5.11 Å². The van der Waals surface area contributed by atoms with Crippen LogP contribution in [0.5, 0.6) is 0 Å². The molecule has 0 spiro atoms. The molecule has 0 saturated heterocycles. The highest BCUT2D eigenvalue weighted by Crippen LogP contribution is 2.27. The molecular formula is C15H23NO2. The van der Waals surface area contributed by atoms with Crippen molar-refractivity contribution in [1.29, 1.82) is 0 Å². The van der Waals surface area contributed by atoms with E-state index >= 15 is 0 Å². The molecule has 3 heteroatoms. The van der Waals surface area contributed by atoms with Gasteiger partial charge in [-0.15, -0.1) is 0 Å². The van der Waals surface area contributed by atoms with E-state index in [0.29, 0.717) is 6.04 Å². The zero-order valence-corrected chi connectivity index (χ0v) is 11.0. The molecule has 1 atom stereocenters. The van der Waals surface area contributed by atoms with Gasteiger partial charge in [0.05, 0.1) is 12.7 Å². The summed E-state index contributed by atoms with van der Waals surface area (Å²) in [5, 5.41) is 19.2. The molecule has 0 amide bonds. The smallest absolute Gasteiger partial charge is 0.0802 e. The van der Waals surface area contributed by atoms with Crippen molar-refractivity contribution in [3.63, 3.8) is 0 Å². The van der Waals surface area contributed by atoms with Gasteiger partial charge in [0, 0.05) is 19.1 Å². The number of rotatable bonds is 7. The fourth-order valence-electron chi connectivity index (χ4n) is 2.29. The topological polar surface area (TPSA) is 43.7 Å². The highest BCUT2D eigenvalue weighted by molar-refractivity contribution is 5.23. The Balaban J connectivity index is 1.82. The quantitative estimate of drug-likeness (QED) is 0.775. The fourth-order valence-corrected chi connectivity index (χ4v) is 2.29. The van der Waals surface area contributed by atoms with Crippen molar-refractivity contribution in [1.82, 2.24) is 4.90 Å². The minimum absolute atomic E-state index is 0.205. The molecule has 1 saturated carbocycles. The van der Waals surface area contributed by atoms with E-state index < -0.39 is 6.10 Å². The molecule has 2 N–H and O–H groups in total. The lowest BCUT2D eigenvalue weighted by Crippen LogP contribution is -2.31. The Morgan fingerprint density at radius 2 is 1.89 bits per heavy atom. The Labute approximate surface area is 109 Å². The van der Waals surface area contributed by atoms with Crippen molar-refractivity contribution in [2.75, 3.05) is 19.7 Å². The van der Waals surface area contributed by atoms with E-state index in [2.05, 4.69) is 4.90 Å². The summed E-state index contributed by atoms with van der Waals surface area (Å²) in [7, 11) is 0. The Bertz CT molecular complexity index is 359. The first-order valence-electron chi connectivity index (χ1n) is 6.80. The maximum absolute atomic E-state index is 10.1. The van der Waals surface area contributed by atoms with E-state index in [1.54, 1.807) is 0 Å². The number of benzene rings is 1. The predicted octanol–water partition coefficient (Wildman–Crippen LogP) is 1.88. The summed E-state index contributed by atoms with van der Waals surface area (Å²) >= 11 is 0. The SMILES string of the molecule is Cc1ccc(C(O)CCN(CCO)C2CC2)cc1. The molecule has 1 aliphatic carbocycles. The largest absolute Gasteiger partial charge is 0.395 e. The zero-order chi connectivity index (χ0) is 13.0. The number of aliphatic hydroxyl groups is 2. The van der Waals surface area contributed by atoms with E-state index in [1.807, 2.05) is 31.2 Å². The van der Waals surface area contributed by atoms with E-state index in [4.69, 9.17) is 5.11 Å². The summed E-state index contributed by atoms with van der Waals surface area (Å²) in [5.41, 5.74) is 2.20. The van der Waals surface area contributed by atoms with Gasteiger partial charge in [0.1, 0.15) is 0 Å². The molecule has 0 radical (unpaired) electrons. The summed E-state index contributed by atoms with van der Waals surface area (Å²) in [4.78, 5) is 2.29. The van der Waals surface area contributed by atoms with Crippen molar-refractivity contribution in [3.8, 4) is 0 Å². The summed E-state index contributed by atoms with van der Waals surface area (Å²) in [5.74, 6) is 0. The van der Waals surface area contributed by atoms with Gasteiger partial charge in [-0.2, -0.15) is 0 Å². The van der Waals surface area contributed by atoms with Gasteiger partial charge in [-0.1, -0.05) is 29.8 Å². The van der Waals surface area contributed by atoms with Gasteiger partial charge in [0.25, 0.3) is 0 Å². The maximum atomic E-state index is 10.1. The molecule has 1 fully saturated rings. The summed E-state index contributed by atoms with van der Waals surface area (Å²) in [6, 6.07) is 8.69. The average Bonchev–Trinajstić information content (AvgIpc) is 3.19. The van der Waals surface area contributed by atoms with Crippen molar-refractivity contribution in [3.05, 3.63) is 35.4 Å². The fraction of sp³-hybridized carbons (Fsp3) is 0.600. The normalized spacial score (nSPS) is 17.1. The molecule has 3 nitrogen and oxygen atoms in total. The summed E-state index contributed by atoms with van der Waals surface area (Å²) in [6.07, 6.45) is 2.81. The molecular weight excluding hydrogens is 226 g/mol. The van der Waals surface area contributed by atoms with E-state index in [1.165, 1.54) is 18.4 Å². The van der Waals surface area contributed by atoms with Gasteiger partial charge in [0.2, 0.25) is 0 Å². The molecule has 0 aliphatic heterocycles. The van der Waals surface area contributed by atoms with Crippen molar-refractivity contribution in [2.45, 2.75) is 38.3 Å². The van der Waals surface area contributed by atoms with Crippen LogP contribution in [-0.4, -0.2) is 40.9 Å². The molecule has 1 aliphatic rings. The second-order valence-corrected chi connectivity index (χ2v) is 5.21. The van der Waals surface area contributed by atoms with Crippen LogP contribution in [0.3, 0.4) is 0 Å². The second kappa shape index (κ2) is 6.32. The summed E-state index contributed by atoms with van der Waals surface area (Å²) in [6.45, 7) is 3.84. The van der Waals surface area contributed by atoms with Crippen LogP contribution in [-0.2, 0) is 0 Å². The average molecular weight is 249 g/mol. The molecule has 2 rings (SSSR count). The molecule has 100 valence electrons. The van der Waals surface area contributed by atoms with Crippen LogP contribution in [0, 0.1) is 6.92 Å². The van der Waals surface area contributed by atoms with Crippen LogP contribution in [0.1, 0.15) is 36.5 Å². The number of aliphatic hydroxyl groups excluding tert-OH is 2. The highest BCUT2D eigenvalue weighted by Gasteiger charge is 2.28. The molecule has 0 bridgehead atoms. The monoisotopic (exact) mass is 249 g/mol. The van der Waals surface area contributed by atoms with Crippen LogP contribution >= 0.6 is 0 Å². The number of nitrogens with zero attached hydrogens (tertiary/aromatic N) is 1. The first kappa shape index (κ1) is 13.5. The van der Waals surface area contributed by atoms with Gasteiger partial charge >= 0.3 is 0 Å². The van der Waals surface area contributed by atoms with Gasteiger partial charge in [-0.3, -0.25) is 4.90 Å². The van der Waals surface area contributed by atoms with Gasteiger partial charge in [-0.25, -0.2) is 0 Å². The Kier molecular flexibility index (Phi) is 4.75. The lowest BCUT2D eigenvalue weighted by Gasteiger charge is -2.22. The van der Waals surface area contributed by atoms with Crippen LogP contribution in [0.25, 0.3) is 0 Å². The molecule has 1 unspecified atom stereocenters. The number of hydrogen-bond donors (Lipinski definition) is 2. The minimum atomic E-state index is -0.398. The van der Waals surface area contributed by atoms with Crippen LogP contribution < -0.4 is 0 Å². The number of hydrogen-bond acceptors (Lipinski definition) is 3. The first-order chi connectivity index (χ1) is 8.70. The molecule has 0 aromatic heterocycles. The van der Waals surface area contributed by atoms with Gasteiger partial charge in [0.15, 0.2) is 0 Å². The second-order valence-electron chi connectivity index (χ2n) is 5.21. The lowest BCUT2D eigenvalue weighted by molar-refractivity contribution is 0.127. The minimum Gasteiger partial charge on any atom is -0.395 e. The third-order valence-corrected chi connectivity index (χ3v) is 3.60. The predicted molar refractivity (Wildman–Crippen MR) is 72.4 cm³/mol. The lowest BCUT2D eigenvalue weighted by atomic mass is 10.0. The maximum Gasteiger partial charge on any atom is 0.0802 e. The number of aryl methyl sites for hydroxylation is 1. The van der Waals surface area contributed by atoms with Gasteiger partial charge < -0.3 is 10.2 Å². The first-order valence-corrected chi connectivity index (χ1v) is 6.80. The third kappa shape index (κ3) is 3.80. The van der Waals surface area contributed by atoms with Crippen molar-refractivity contribution >= 4 is 0 Å². The Morgan fingerprint density at radius 3 is 2.44 bits per heavy atom. The Hall–Kier alpha value is -0.900. The van der Waals surface area contributed by atoms with Crippen LogP contribution in [0.4, 0.5) is 0 Å². The standard InChI is InChI=1S/C15H23NO2/c1-12-2-4-13(5-3-12)15(18)8-9-16(10-11-17)14-6-7-14/h2-5,14-15,17-18H,6-11H2,1H3. The molecule has 0 heterocycles. The van der Waals surface area contributed by atoms with E-state index in [-0.39, 0.29) is 6.61 Å². The van der Waals surface area contributed by atoms with Crippen LogP contribution in [0.2, 0.25) is 0 Å². The van der Waals surface area contributed by atoms with Crippen LogP contribution in [0.15, 0.2) is 24.3 Å². The molecule has 1 aromatic rings. The molecule has 1 aromatic carbocycles. The van der Waals surface area contributed by atoms with Crippen molar-refractivity contribution < 1.29 is 10.2 Å². The molecule has 18 heavy (non-hydrogen) atoms. The Morgan fingerprint density at radius 1 is 1.22 bits per heavy atom. The zero-order valence-electron chi connectivity index (χ0n) is 11.0. The highest BCUT2D eigenvalue weighted by atomic mass is 16.3. The third-order valence-electron chi connectivity index (χ3n) is 3.60. The van der Waals surface area contributed by atoms with E-state index in [0.717, 1.165) is 25.1 Å². The summed E-state index contributed by atoms with van der Waals surface area (Å²) < 4.78 is 0. The van der Waals surface area contributed by atoms with Gasteiger partial charge in [-0.05, 0) is 31.7 Å². The van der Waals surface area contributed by atoms with Crippen molar-refractivity contribution in [2.24, 2.45) is 0 Å².